The molecule has 5 N–H and O–H groups in total. The van der Waals surface area contributed by atoms with E-state index in [0.717, 1.165) is 0 Å². The van der Waals surface area contributed by atoms with E-state index in [2.05, 4.69) is 22.5 Å². The number of nitrogens with zero attached hydrogens (tertiary/aromatic N) is 1. The summed E-state index contributed by atoms with van der Waals surface area (Å²) in [6, 6.07) is -0.187. The minimum atomic E-state index is -0.458. The molecule has 0 radical (unpaired) electrons. The smallest absolute Gasteiger partial charge is 0.242 e. The van der Waals surface area contributed by atoms with Crippen LogP contribution in [0.2, 0.25) is 0 Å². The van der Waals surface area contributed by atoms with Crippen molar-refractivity contribution in [2.45, 2.75) is 18.5 Å². The number of nitrogens with one attached hydrogen (secondary N) is 3. The predicted octanol–water partition coefficient (Wildman–Crippen LogP) is -2.31. The first-order valence-electron chi connectivity index (χ1n) is 4.62. The number of hydrogen-bond acceptors (Lipinski definition) is 5. The first-order chi connectivity index (χ1) is 6.72. The molecule has 6 heteroatoms. The molecule has 2 aliphatic heterocycles. The minimum absolute atomic E-state index is 0.0342. The van der Waals surface area contributed by atoms with E-state index < -0.39 is 6.29 Å². The van der Waals surface area contributed by atoms with E-state index in [1.807, 2.05) is 4.90 Å². The lowest BCUT2D eigenvalue weighted by Crippen LogP contribution is -2.69. The molecule has 0 spiro atoms. The SMILES string of the molecule is C=CCN1CNC2NC(N)NC(=O)C21. The van der Waals surface area contributed by atoms with Crippen molar-refractivity contribution >= 4 is 5.91 Å². The van der Waals surface area contributed by atoms with Gasteiger partial charge in [0.2, 0.25) is 5.91 Å². The standard InChI is InChI=1S/C8H15N5O/c1-2-3-13-4-10-6-5(13)7(14)12-8(9)11-6/h2,5-6,8,10-11H,1,3-4,9H2,(H,12,14). The minimum Gasteiger partial charge on any atom is -0.327 e. The fourth-order valence-corrected chi connectivity index (χ4v) is 1.92. The molecule has 3 atom stereocenters. The zero-order valence-corrected chi connectivity index (χ0v) is 7.86. The summed E-state index contributed by atoms with van der Waals surface area (Å²) in [4.78, 5) is 13.6. The summed E-state index contributed by atoms with van der Waals surface area (Å²) >= 11 is 0. The van der Waals surface area contributed by atoms with Crippen molar-refractivity contribution in [3.8, 4) is 0 Å². The van der Waals surface area contributed by atoms with E-state index in [0.29, 0.717) is 13.2 Å². The highest BCUT2D eigenvalue weighted by molar-refractivity contribution is 5.84. The maximum absolute atomic E-state index is 11.6. The van der Waals surface area contributed by atoms with Gasteiger partial charge in [-0.2, -0.15) is 0 Å². The van der Waals surface area contributed by atoms with Gasteiger partial charge in [-0.3, -0.25) is 26.1 Å². The number of fused-ring (bicyclic) bond motifs is 1. The molecule has 2 aliphatic rings. The maximum atomic E-state index is 11.6. The fraction of sp³-hybridized carbons (Fsp3) is 0.625. The molecule has 0 bridgehead atoms. The van der Waals surface area contributed by atoms with Crippen LogP contribution in [0.1, 0.15) is 0 Å². The Morgan fingerprint density at radius 2 is 2.50 bits per heavy atom. The number of hydrogen-bond donors (Lipinski definition) is 4. The van der Waals surface area contributed by atoms with Crippen molar-refractivity contribution in [3.63, 3.8) is 0 Å². The van der Waals surface area contributed by atoms with Crippen LogP contribution in [0.3, 0.4) is 0 Å². The third-order valence-electron chi connectivity index (χ3n) is 2.51. The van der Waals surface area contributed by atoms with Crippen LogP contribution < -0.4 is 21.7 Å². The van der Waals surface area contributed by atoms with Crippen LogP contribution in [-0.4, -0.2) is 42.5 Å². The number of carbonyl (C=O) groups is 1. The maximum Gasteiger partial charge on any atom is 0.242 e. The monoisotopic (exact) mass is 197 g/mol. The summed E-state index contributed by atoms with van der Waals surface area (Å²) in [7, 11) is 0. The van der Waals surface area contributed by atoms with Crippen molar-refractivity contribution in [3.05, 3.63) is 12.7 Å². The lowest BCUT2D eigenvalue weighted by atomic mass is 10.1. The van der Waals surface area contributed by atoms with E-state index in [1.54, 1.807) is 6.08 Å². The first kappa shape index (κ1) is 9.60. The normalized spacial score (nSPS) is 37.8. The second-order valence-electron chi connectivity index (χ2n) is 3.50. The molecular weight excluding hydrogens is 182 g/mol. The molecule has 2 rings (SSSR count). The van der Waals surface area contributed by atoms with Gasteiger partial charge < -0.3 is 5.32 Å². The van der Waals surface area contributed by atoms with Gasteiger partial charge in [0, 0.05) is 6.54 Å². The van der Waals surface area contributed by atoms with Crippen LogP contribution in [0.15, 0.2) is 12.7 Å². The molecule has 0 aromatic heterocycles. The summed E-state index contributed by atoms with van der Waals surface area (Å²) in [5.74, 6) is -0.0342. The van der Waals surface area contributed by atoms with Crippen molar-refractivity contribution < 1.29 is 4.79 Å². The molecule has 2 fully saturated rings. The quantitative estimate of drug-likeness (QED) is 0.374. The third kappa shape index (κ3) is 1.53. The van der Waals surface area contributed by atoms with Gasteiger partial charge in [0.05, 0.1) is 12.8 Å². The lowest BCUT2D eigenvalue weighted by Gasteiger charge is -2.33. The lowest BCUT2D eigenvalue weighted by molar-refractivity contribution is -0.129. The van der Waals surface area contributed by atoms with Gasteiger partial charge in [0.25, 0.3) is 0 Å². The van der Waals surface area contributed by atoms with Crippen LogP contribution in [0.4, 0.5) is 0 Å². The Morgan fingerprint density at radius 3 is 3.21 bits per heavy atom. The van der Waals surface area contributed by atoms with Crippen LogP contribution >= 0.6 is 0 Å². The Balaban J connectivity index is 2.09. The molecule has 6 nitrogen and oxygen atoms in total. The van der Waals surface area contributed by atoms with Crippen LogP contribution in [-0.2, 0) is 4.79 Å². The number of rotatable bonds is 2. The largest absolute Gasteiger partial charge is 0.327 e. The Kier molecular flexibility index (Phi) is 2.51. The highest BCUT2D eigenvalue weighted by Gasteiger charge is 2.42. The summed E-state index contributed by atoms with van der Waals surface area (Å²) in [5, 5.41) is 8.89. The van der Waals surface area contributed by atoms with Gasteiger partial charge in [0.15, 0.2) is 0 Å². The molecule has 3 unspecified atom stereocenters. The van der Waals surface area contributed by atoms with E-state index in [4.69, 9.17) is 5.73 Å². The average molecular weight is 197 g/mol. The van der Waals surface area contributed by atoms with Gasteiger partial charge in [-0.15, -0.1) is 6.58 Å². The van der Waals surface area contributed by atoms with Gasteiger partial charge >= 0.3 is 0 Å². The van der Waals surface area contributed by atoms with Gasteiger partial charge in [0.1, 0.15) is 12.3 Å². The molecule has 0 saturated carbocycles. The highest BCUT2D eigenvalue weighted by Crippen LogP contribution is 2.12. The highest BCUT2D eigenvalue weighted by atomic mass is 16.2. The van der Waals surface area contributed by atoms with Crippen molar-refractivity contribution in [1.29, 1.82) is 0 Å². The Labute approximate surface area is 82.5 Å². The van der Waals surface area contributed by atoms with E-state index >= 15 is 0 Å². The summed E-state index contributed by atoms with van der Waals surface area (Å²) in [6.45, 7) is 5.02. The molecule has 2 saturated heterocycles. The van der Waals surface area contributed by atoms with Crippen molar-refractivity contribution in [2.75, 3.05) is 13.2 Å². The predicted molar refractivity (Wildman–Crippen MR) is 51.7 cm³/mol. The number of nitrogens with two attached hydrogens (primary N) is 1. The van der Waals surface area contributed by atoms with Crippen molar-refractivity contribution in [2.24, 2.45) is 5.73 Å². The van der Waals surface area contributed by atoms with E-state index in [1.165, 1.54) is 0 Å². The molecule has 0 aliphatic carbocycles. The molecule has 1 amide bonds. The molecule has 2 heterocycles. The zero-order valence-electron chi connectivity index (χ0n) is 7.86. The number of amides is 1. The van der Waals surface area contributed by atoms with Gasteiger partial charge in [-0.25, -0.2) is 0 Å². The zero-order chi connectivity index (χ0) is 10.1. The molecule has 78 valence electrons. The van der Waals surface area contributed by atoms with E-state index in [-0.39, 0.29) is 18.1 Å². The number of carbonyl (C=O) groups excluding carboxylic acids is 1. The van der Waals surface area contributed by atoms with Crippen LogP contribution in [0, 0.1) is 0 Å². The van der Waals surface area contributed by atoms with E-state index in [9.17, 15) is 4.79 Å². The summed E-state index contributed by atoms with van der Waals surface area (Å²) < 4.78 is 0. The van der Waals surface area contributed by atoms with Gasteiger partial charge in [-0.05, 0) is 0 Å². The second-order valence-corrected chi connectivity index (χ2v) is 3.50. The van der Waals surface area contributed by atoms with Crippen LogP contribution in [0.25, 0.3) is 0 Å². The third-order valence-corrected chi connectivity index (χ3v) is 2.51. The fourth-order valence-electron chi connectivity index (χ4n) is 1.92. The average Bonchev–Trinajstić information content (AvgIpc) is 2.49. The summed E-state index contributed by atoms with van der Waals surface area (Å²) in [5.41, 5.74) is 5.58. The second kappa shape index (κ2) is 3.66. The topological polar surface area (TPSA) is 82.4 Å². The molecule has 14 heavy (non-hydrogen) atoms. The molecular formula is C8H15N5O. The van der Waals surface area contributed by atoms with Gasteiger partial charge in [-0.1, -0.05) is 6.08 Å². The molecule has 0 aromatic carbocycles. The Bertz CT molecular complexity index is 256. The first-order valence-corrected chi connectivity index (χ1v) is 4.62. The summed E-state index contributed by atoms with van der Waals surface area (Å²) in [6.07, 6.45) is 1.27. The Hall–Kier alpha value is -0.950. The Morgan fingerprint density at radius 1 is 1.71 bits per heavy atom. The molecule has 0 aromatic rings. The van der Waals surface area contributed by atoms with Crippen LogP contribution in [0.5, 0.6) is 0 Å². The van der Waals surface area contributed by atoms with Crippen molar-refractivity contribution in [1.82, 2.24) is 20.9 Å².